The van der Waals surface area contributed by atoms with Crippen molar-refractivity contribution < 1.29 is 19.1 Å². The molecule has 0 aromatic heterocycles. The summed E-state index contributed by atoms with van der Waals surface area (Å²) in [6, 6.07) is 7.32. The van der Waals surface area contributed by atoms with Crippen LogP contribution in [-0.2, 0) is 14.4 Å². The van der Waals surface area contributed by atoms with Gasteiger partial charge in [-0.3, -0.25) is 14.4 Å². The van der Waals surface area contributed by atoms with Crippen LogP contribution < -0.4 is 15.4 Å². The highest BCUT2D eigenvalue weighted by molar-refractivity contribution is 5.92. The van der Waals surface area contributed by atoms with E-state index < -0.39 is 0 Å². The number of carbonyl (C=O) groups is 3. The first kappa shape index (κ1) is 21.2. The van der Waals surface area contributed by atoms with Gasteiger partial charge in [-0.2, -0.15) is 0 Å². The predicted octanol–water partition coefficient (Wildman–Crippen LogP) is 1.20. The van der Waals surface area contributed by atoms with Gasteiger partial charge in [-0.15, -0.1) is 0 Å². The summed E-state index contributed by atoms with van der Waals surface area (Å²) in [4.78, 5) is 36.7. The van der Waals surface area contributed by atoms with E-state index >= 15 is 0 Å². The highest BCUT2D eigenvalue weighted by Crippen LogP contribution is 2.12. The first-order valence-corrected chi connectivity index (χ1v) is 8.45. The molecule has 7 nitrogen and oxygen atoms in total. The van der Waals surface area contributed by atoms with Crippen LogP contribution in [0.4, 0.5) is 0 Å². The third-order valence-electron chi connectivity index (χ3n) is 3.44. The molecule has 0 atom stereocenters. The molecule has 0 aliphatic carbocycles. The van der Waals surface area contributed by atoms with Gasteiger partial charge in [-0.1, -0.05) is 12.1 Å². The summed E-state index contributed by atoms with van der Waals surface area (Å²) in [7, 11) is 3.15. The molecular weight excluding hydrogens is 334 g/mol. The lowest BCUT2D eigenvalue weighted by Crippen LogP contribution is -2.41. The quantitative estimate of drug-likeness (QED) is 0.647. The van der Waals surface area contributed by atoms with E-state index in [0.29, 0.717) is 0 Å². The van der Waals surface area contributed by atoms with Gasteiger partial charge in [0, 0.05) is 32.1 Å². The van der Waals surface area contributed by atoms with E-state index in [0.717, 1.165) is 11.3 Å². The van der Waals surface area contributed by atoms with E-state index in [1.807, 2.05) is 38.1 Å². The number of hydrogen-bond acceptors (Lipinski definition) is 4. The van der Waals surface area contributed by atoms with Gasteiger partial charge in [-0.25, -0.2) is 0 Å². The number of nitrogens with one attached hydrogen (secondary N) is 2. The molecule has 0 aliphatic rings. The molecule has 0 saturated heterocycles. The monoisotopic (exact) mass is 361 g/mol. The van der Waals surface area contributed by atoms with E-state index in [4.69, 9.17) is 4.74 Å². The number of carbonyl (C=O) groups excluding carboxylic acids is 3. The highest BCUT2D eigenvalue weighted by Gasteiger charge is 2.13. The Hall–Kier alpha value is -2.83. The van der Waals surface area contributed by atoms with Crippen molar-refractivity contribution in [1.29, 1.82) is 0 Å². The third-order valence-corrected chi connectivity index (χ3v) is 3.44. The number of hydrogen-bond donors (Lipinski definition) is 2. The smallest absolute Gasteiger partial charge is 0.244 e. The Morgan fingerprint density at radius 2 is 1.85 bits per heavy atom. The second-order valence-corrected chi connectivity index (χ2v) is 6.12. The lowest BCUT2D eigenvalue weighted by atomic mass is 10.2. The molecule has 142 valence electrons. The molecule has 0 unspecified atom stereocenters. The standard InChI is InChI=1S/C19H27N3O4/c1-14(2)21-18(24)13-22(3)19(25)11-12-20-17(23)10-7-15-5-8-16(26-4)9-6-15/h5-10,14H,11-13H2,1-4H3,(H,20,23)(H,21,24)/b10-7+. The van der Waals surface area contributed by atoms with Crippen molar-refractivity contribution in [2.75, 3.05) is 27.2 Å². The summed E-state index contributed by atoms with van der Waals surface area (Å²) >= 11 is 0. The number of rotatable bonds is 9. The molecule has 0 aliphatic heterocycles. The molecule has 1 aromatic rings. The Morgan fingerprint density at radius 3 is 2.42 bits per heavy atom. The Balaban J connectivity index is 2.32. The molecule has 0 saturated carbocycles. The molecule has 1 aromatic carbocycles. The second-order valence-electron chi connectivity index (χ2n) is 6.12. The fraction of sp³-hybridized carbons (Fsp3) is 0.421. The number of nitrogens with zero attached hydrogens (tertiary/aromatic N) is 1. The number of likely N-dealkylation sites (N-methyl/N-ethyl adjacent to an activating group) is 1. The van der Waals surface area contributed by atoms with Crippen LogP contribution in [0.3, 0.4) is 0 Å². The zero-order valence-electron chi connectivity index (χ0n) is 15.7. The summed E-state index contributed by atoms with van der Waals surface area (Å²) in [5, 5.41) is 5.37. The minimum Gasteiger partial charge on any atom is -0.497 e. The van der Waals surface area contributed by atoms with Gasteiger partial charge in [0.15, 0.2) is 0 Å². The summed E-state index contributed by atoms with van der Waals surface area (Å²) in [5.74, 6) is 0.0517. The van der Waals surface area contributed by atoms with Crippen LogP contribution in [0.25, 0.3) is 6.08 Å². The van der Waals surface area contributed by atoms with Crippen LogP contribution >= 0.6 is 0 Å². The number of benzene rings is 1. The normalized spacial score (nSPS) is 10.7. The van der Waals surface area contributed by atoms with Gasteiger partial charge in [-0.05, 0) is 37.6 Å². The number of methoxy groups -OCH3 is 1. The molecular formula is C19H27N3O4. The van der Waals surface area contributed by atoms with Crippen molar-refractivity contribution >= 4 is 23.8 Å². The SMILES string of the molecule is COc1ccc(/C=C/C(=O)NCCC(=O)N(C)CC(=O)NC(C)C)cc1. The average molecular weight is 361 g/mol. The van der Waals surface area contributed by atoms with Crippen molar-refractivity contribution in [3.63, 3.8) is 0 Å². The van der Waals surface area contributed by atoms with E-state index in [9.17, 15) is 14.4 Å². The fourth-order valence-electron chi connectivity index (χ4n) is 2.10. The minimum atomic E-state index is -0.283. The van der Waals surface area contributed by atoms with Crippen LogP contribution in [0.5, 0.6) is 5.75 Å². The Labute approximate surface area is 154 Å². The zero-order chi connectivity index (χ0) is 19.5. The van der Waals surface area contributed by atoms with Crippen molar-refractivity contribution in [2.45, 2.75) is 26.3 Å². The third kappa shape index (κ3) is 8.32. The maximum Gasteiger partial charge on any atom is 0.244 e. The van der Waals surface area contributed by atoms with Gasteiger partial charge in [0.05, 0.1) is 13.7 Å². The van der Waals surface area contributed by atoms with Crippen LogP contribution in [-0.4, -0.2) is 55.9 Å². The molecule has 2 N–H and O–H groups in total. The van der Waals surface area contributed by atoms with E-state index in [1.54, 1.807) is 20.2 Å². The van der Waals surface area contributed by atoms with Crippen LogP contribution in [0.15, 0.2) is 30.3 Å². The van der Waals surface area contributed by atoms with Gasteiger partial charge in [0.1, 0.15) is 5.75 Å². The van der Waals surface area contributed by atoms with E-state index in [-0.39, 0.29) is 43.3 Å². The first-order chi connectivity index (χ1) is 12.3. The van der Waals surface area contributed by atoms with Crippen LogP contribution in [0.2, 0.25) is 0 Å². The second kappa shape index (κ2) is 10.9. The van der Waals surface area contributed by atoms with Crippen LogP contribution in [0, 0.1) is 0 Å². The number of ether oxygens (including phenoxy) is 1. The van der Waals surface area contributed by atoms with Gasteiger partial charge >= 0.3 is 0 Å². The summed E-state index contributed by atoms with van der Waals surface area (Å²) < 4.78 is 5.07. The Morgan fingerprint density at radius 1 is 1.19 bits per heavy atom. The van der Waals surface area contributed by atoms with Crippen LogP contribution in [0.1, 0.15) is 25.8 Å². The maximum absolute atomic E-state index is 12.0. The van der Waals surface area contributed by atoms with Gasteiger partial charge in [0.25, 0.3) is 0 Å². The van der Waals surface area contributed by atoms with Crippen molar-refractivity contribution in [2.24, 2.45) is 0 Å². The minimum absolute atomic E-state index is 0.00231. The topological polar surface area (TPSA) is 87.7 Å². The van der Waals surface area contributed by atoms with Crippen molar-refractivity contribution in [3.05, 3.63) is 35.9 Å². The Bertz CT molecular complexity index is 639. The van der Waals surface area contributed by atoms with Gasteiger partial charge < -0.3 is 20.3 Å². The highest BCUT2D eigenvalue weighted by atomic mass is 16.5. The molecule has 0 heterocycles. The molecule has 0 fully saturated rings. The summed E-state index contributed by atoms with van der Waals surface area (Å²) in [6.45, 7) is 3.92. The first-order valence-electron chi connectivity index (χ1n) is 8.45. The zero-order valence-corrected chi connectivity index (χ0v) is 15.7. The predicted molar refractivity (Wildman–Crippen MR) is 101 cm³/mol. The Kier molecular flexibility index (Phi) is 8.91. The molecule has 0 spiro atoms. The summed E-state index contributed by atoms with van der Waals surface area (Å²) in [5.41, 5.74) is 0.868. The van der Waals surface area contributed by atoms with Crippen molar-refractivity contribution in [3.8, 4) is 5.75 Å². The largest absolute Gasteiger partial charge is 0.497 e. The molecule has 1 rings (SSSR count). The summed E-state index contributed by atoms with van der Waals surface area (Å²) in [6.07, 6.45) is 3.22. The molecule has 7 heteroatoms. The maximum atomic E-state index is 12.0. The molecule has 3 amide bonds. The lowest BCUT2D eigenvalue weighted by molar-refractivity contribution is -0.134. The molecule has 26 heavy (non-hydrogen) atoms. The van der Waals surface area contributed by atoms with E-state index in [2.05, 4.69) is 10.6 Å². The molecule has 0 bridgehead atoms. The average Bonchev–Trinajstić information content (AvgIpc) is 2.59. The van der Waals surface area contributed by atoms with Crippen molar-refractivity contribution in [1.82, 2.24) is 15.5 Å². The fourth-order valence-corrected chi connectivity index (χ4v) is 2.10. The molecule has 0 radical (unpaired) electrons. The number of amides is 3. The lowest BCUT2D eigenvalue weighted by Gasteiger charge is -2.17. The van der Waals surface area contributed by atoms with Gasteiger partial charge in [0.2, 0.25) is 17.7 Å². The van der Waals surface area contributed by atoms with E-state index in [1.165, 1.54) is 11.0 Å².